The van der Waals surface area contributed by atoms with Crippen LogP contribution >= 0.6 is 22.6 Å². The number of hydrogen-bond donors (Lipinski definition) is 0. The highest BCUT2D eigenvalue weighted by Crippen LogP contribution is 2.23. The molecule has 7 heteroatoms. The highest BCUT2D eigenvalue weighted by Gasteiger charge is 2.31. The van der Waals surface area contributed by atoms with Crippen LogP contribution in [0.2, 0.25) is 0 Å². The van der Waals surface area contributed by atoms with Gasteiger partial charge in [0.05, 0.1) is 5.69 Å². The molecule has 0 aliphatic heterocycles. The number of pyridine rings is 1. The molecule has 0 fully saturated rings. The molecular weight excluding hydrogens is 334 g/mol. The molecule has 2 aromatic heterocycles. The van der Waals surface area contributed by atoms with E-state index >= 15 is 0 Å². The minimum Gasteiger partial charge on any atom is -0.240 e. The van der Waals surface area contributed by atoms with E-state index in [0.717, 1.165) is 6.20 Å². The second-order valence-electron chi connectivity index (χ2n) is 2.96. The predicted molar refractivity (Wildman–Crippen MR) is 59.5 cm³/mol. The Kier molecular flexibility index (Phi) is 2.87. The van der Waals surface area contributed by atoms with E-state index in [2.05, 4.69) is 10.1 Å². The number of halogens is 4. The van der Waals surface area contributed by atoms with Gasteiger partial charge in [-0.05, 0) is 40.8 Å². The molecule has 0 radical (unpaired) electrons. The highest BCUT2D eigenvalue weighted by atomic mass is 127. The van der Waals surface area contributed by atoms with Crippen molar-refractivity contribution < 1.29 is 13.2 Å². The molecular formula is C9H5F3IN3. The fraction of sp³-hybridized carbons (Fsp3) is 0.111. The van der Waals surface area contributed by atoms with Crippen molar-refractivity contribution in [3.8, 4) is 11.4 Å². The Labute approximate surface area is 102 Å². The molecule has 0 spiro atoms. The molecule has 0 atom stereocenters. The van der Waals surface area contributed by atoms with Gasteiger partial charge in [0.2, 0.25) is 0 Å². The molecule has 0 amide bonds. The Morgan fingerprint density at radius 1 is 1.12 bits per heavy atom. The first-order chi connectivity index (χ1) is 7.47. The van der Waals surface area contributed by atoms with Crippen LogP contribution in [-0.4, -0.2) is 14.8 Å². The Hall–Kier alpha value is -1.12. The van der Waals surface area contributed by atoms with Crippen molar-refractivity contribution in [3.63, 3.8) is 0 Å². The van der Waals surface area contributed by atoms with Crippen LogP contribution in [-0.2, 0) is 6.30 Å². The van der Waals surface area contributed by atoms with Crippen LogP contribution in [0, 0.1) is 3.70 Å². The number of nitrogens with zero attached hydrogens (tertiary/aromatic N) is 3. The van der Waals surface area contributed by atoms with Crippen LogP contribution in [0.5, 0.6) is 0 Å². The SMILES string of the molecule is FC(F)(F)n1ccc(-c2cccc(I)n2)n1. The Morgan fingerprint density at radius 3 is 2.44 bits per heavy atom. The summed E-state index contributed by atoms with van der Waals surface area (Å²) in [5, 5.41) is 3.42. The van der Waals surface area contributed by atoms with E-state index in [1.807, 2.05) is 22.6 Å². The van der Waals surface area contributed by atoms with E-state index in [9.17, 15) is 13.2 Å². The van der Waals surface area contributed by atoms with Gasteiger partial charge in [0.1, 0.15) is 9.39 Å². The highest BCUT2D eigenvalue weighted by molar-refractivity contribution is 14.1. The molecule has 0 aromatic carbocycles. The molecule has 3 nitrogen and oxygen atoms in total. The second-order valence-corrected chi connectivity index (χ2v) is 4.06. The summed E-state index contributed by atoms with van der Waals surface area (Å²) >= 11 is 1.99. The van der Waals surface area contributed by atoms with Crippen molar-refractivity contribution in [2.24, 2.45) is 0 Å². The normalized spacial score (nSPS) is 11.8. The molecule has 16 heavy (non-hydrogen) atoms. The molecule has 0 aliphatic rings. The van der Waals surface area contributed by atoms with E-state index in [1.165, 1.54) is 6.07 Å². The maximum absolute atomic E-state index is 12.3. The third-order valence-electron chi connectivity index (χ3n) is 1.83. The van der Waals surface area contributed by atoms with Crippen LogP contribution < -0.4 is 0 Å². The van der Waals surface area contributed by atoms with Crippen molar-refractivity contribution >= 4 is 22.6 Å². The standard InChI is InChI=1S/C9H5F3IN3/c10-9(11,12)16-5-4-7(15-16)6-2-1-3-8(13)14-6/h1-5H. The summed E-state index contributed by atoms with van der Waals surface area (Å²) in [6.07, 6.45) is -3.61. The molecule has 0 saturated carbocycles. The first kappa shape index (κ1) is 11.4. The van der Waals surface area contributed by atoms with Crippen molar-refractivity contribution in [2.45, 2.75) is 6.30 Å². The van der Waals surface area contributed by atoms with Crippen LogP contribution in [0.1, 0.15) is 0 Å². The summed E-state index contributed by atoms with van der Waals surface area (Å²) in [7, 11) is 0. The van der Waals surface area contributed by atoms with Crippen LogP contribution in [0.25, 0.3) is 11.4 Å². The molecule has 0 aliphatic carbocycles. The molecule has 0 saturated heterocycles. The minimum absolute atomic E-state index is 0.0378. The smallest absolute Gasteiger partial charge is 0.240 e. The van der Waals surface area contributed by atoms with Gasteiger partial charge in [0, 0.05) is 6.20 Å². The first-order valence-electron chi connectivity index (χ1n) is 4.22. The lowest BCUT2D eigenvalue weighted by molar-refractivity contribution is -0.212. The molecule has 2 heterocycles. The summed E-state index contributed by atoms with van der Waals surface area (Å²) in [6, 6.07) is 6.37. The van der Waals surface area contributed by atoms with Gasteiger partial charge in [0.15, 0.2) is 0 Å². The van der Waals surface area contributed by atoms with Gasteiger partial charge in [-0.3, -0.25) is 0 Å². The lowest BCUT2D eigenvalue weighted by atomic mass is 10.3. The third kappa shape index (κ3) is 2.34. The number of alkyl halides is 3. The monoisotopic (exact) mass is 339 g/mol. The van der Waals surface area contributed by atoms with Gasteiger partial charge in [-0.25, -0.2) is 4.98 Å². The largest absolute Gasteiger partial charge is 0.504 e. The lowest BCUT2D eigenvalue weighted by Gasteiger charge is -2.04. The summed E-state index contributed by atoms with van der Waals surface area (Å²) in [6.45, 7) is 0. The molecule has 0 bridgehead atoms. The average molecular weight is 339 g/mol. The van der Waals surface area contributed by atoms with Gasteiger partial charge in [-0.15, -0.1) is 13.2 Å². The van der Waals surface area contributed by atoms with Crippen LogP contribution in [0.15, 0.2) is 30.5 Å². The number of hydrogen-bond acceptors (Lipinski definition) is 2. The van der Waals surface area contributed by atoms with Gasteiger partial charge in [0.25, 0.3) is 0 Å². The van der Waals surface area contributed by atoms with Gasteiger partial charge < -0.3 is 0 Å². The quantitative estimate of drug-likeness (QED) is 0.591. The predicted octanol–water partition coefficient (Wildman–Crippen LogP) is 3.03. The Bertz CT molecular complexity index is 507. The molecule has 84 valence electrons. The average Bonchev–Trinajstić information content (AvgIpc) is 2.65. The maximum Gasteiger partial charge on any atom is 0.504 e. The summed E-state index contributed by atoms with van der Waals surface area (Å²) in [4.78, 5) is 4.08. The fourth-order valence-corrected chi connectivity index (χ4v) is 1.62. The third-order valence-corrected chi connectivity index (χ3v) is 2.43. The van der Waals surface area contributed by atoms with Crippen LogP contribution in [0.4, 0.5) is 13.2 Å². The van der Waals surface area contributed by atoms with Crippen molar-refractivity contribution in [1.82, 2.24) is 14.8 Å². The minimum atomic E-state index is -4.49. The zero-order valence-electron chi connectivity index (χ0n) is 7.74. The lowest BCUT2D eigenvalue weighted by Crippen LogP contribution is -2.17. The van der Waals surface area contributed by atoms with Crippen molar-refractivity contribution in [3.05, 3.63) is 34.2 Å². The number of aromatic nitrogens is 3. The zero-order valence-corrected chi connectivity index (χ0v) is 9.90. The van der Waals surface area contributed by atoms with Crippen molar-refractivity contribution in [2.75, 3.05) is 0 Å². The Morgan fingerprint density at radius 2 is 1.88 bits per heavy atom. The van der Waals surface area contributed by atoms with Gasteiger partial charge >= 0.3 is 6.30 Å². The van der Waals surface area contributed by atoms with Gasteiger partial charge in [-0.1, -0.05) is 6.07 Å². The molecule has 2 rings (SSSR count). The van der Waals surface area contributed by atoms with Crippen LogP contribution in [0.3, 0.4) is 0 Å². The molecule has 2 aromatic rings. The topological polar surface area (TPSA) is 30.7 Å². The summed E-state index contributed by atoms with van der Waals surface area (Å²) in [5.41, 5.74) is 0.630. The van der Waals surface area contributed by atoms with E-state index in [-0.39, 0.29) is 10.4 Å². The van der Waals surface area contributed by atoms with Crippen molar-refractivity contribution in [1.29, 1.82) is 0 Å². The van der Waals surface area contributed by atoms with E-state index in [0.29, 0.717) is 9.39 Å². The molecule has 0 unspecified atom stereocenters. The maximum atomic E-state index is 12.3. The molecule has 0 N–H and O–H groups in total. The van der Waals surface area contributed by atoms with Gasteiger partial charge in [-0.2, -0.15) is 9.78 Å². The number of rotatable bonds is 1. The summed E-state index contributed by atoms with van der Waals surface area (Å²) in [5.74, 6) is 0. The Balaban J connectivity index is 2.39. The summed E-state index contributed by atoms with van der Waals surface area (Å²) < 4.78 is 37.5. The fourth-order valence-electron chi connectivity index (χ4n) is 1.15. The zero-order chi connectivity index (χ0) is 11.8. The second kappa shape index (κ2) is 4.04. The van der Waals surface area contributed by atoms with E-state index in [1.54, 1.807) is 18.2 Å². The van der Waals surface area contributed by atoms with E-state index in [4.69, 9.17) is 0 Å². The first-order valence-corrected chi connectivity index (χ1v) is 5.30. The van der Waals surface area contributed by atoms with E-state index < -0.39 is 6.30 Å².